The molecule has 0 aliphatic rings. The third-order valence-electron chi connectivity index (χ3n) is 3.63. The topological polar surface area (TPSA) is 70.1 Å². The molecule has 0 amide bonds. The van der Waals surface area contributed by atoms with Crippen LogP contribution >= 0.6 is 0 Å². The van der Waals surface area contributed by atoms with Crippen LogP contribution in [0.5, 0.6) is 0 Å². The van der Waals surface area contributed by atoms with E-state index in [-0.39, 0.29) is 0 Å². The molecule has 0 fully saturated rings. The predicted molar refractivity (Wildman–Crippen MR) is 84.5 cm³/mol. The Hall–Kier alpha value is -2.66. The summed E-state index contributed by atoms with van der Waals surface area (Å²) in [5, 5.41) is 0. The van der Waals surface area contributed by atoms with Gasteiger partial charge < -0.3 is 15.0 Å². The summed E-state index contributed by atoms with van der Waals surface area (Å²) in [5.74, 6) is -0.155. The number of imidazole rings is 1. The average Bonchev–Trinajstić information content (AvgIpc) is 2.94. The number of nitrogens with two attached hydrogens (primary N) is 1. The van der Waals surface area contributed by atoms with E-state index in [1.165, 1.54) is 7.11 Å². The fourth-order valence-electron chi connectivity index (χ4n) is 2.54. The summed E-state index contributed by atoms with van der Waals surface area (Å²) in [6, 6.07) is 15.7. The van der Waals surface area contributed by atoms with Crippen molar-refractivity contribution in [2.45, 2.75) is 13.1 Å². The number of fused-ring (bicyclic) bond motifs is 1. The Morgan fingerprint density at radius 2 is 1.95 bits per heavy atom. The maximum absolute atomic E-state index is 12.1. The van der Waals surface area contributed by atoms with Crippen LogP contribution in [0.1, 0.15) is 21.7 Å². The molecule has 1 aromatic heterocycles. The van der Waals surface area contributed by atoms with Crippen LogP contribution in [0.25, 0.3) is 11.0 Å². The highest BCUT2D eigenvalue weighted by Gasteiger charge is 2.19. The Kier molecular flexibility index (Phi) is 3.89. The molecule has 0 aliphatic heterocycles. The number of hydrogen-bond donors (Lipinski definition) is 1. The standard InChI is InChI=1S/C17H17N3O2/c1-22-17(21)16-19-15-13(10-18)8-5-9-14(15)20(16)11-12-6-3-2-4-7-12/h2-9H,10-11,18H2,1H3. The number of hydrogen-bond acceptors (Lipinski definition) is 4. The minimum atomic E-state index is -0.449. The number of methoxy groups -OCH3 is 1. The first-order valence-corrected chi connectivity index (χ1v) is 7.05. The van der Waals surface area contributed by atoms with Crippen molar-refractivity contribution in [3.05, 3.63) is 65.5 Å². The summed E-state index contributed by atoms with van der Waals surface area (Å²) in [7, 11) is 1.36. The number of ether oxygens (including phenoxy) is 1. The Labute approximate surface area is 128 Å². The Morgan fingerprint density at radius 3 is 2.64 bits per heavy atom. The number of aromatic nitrogens is 2. The van der Waals surface area contributed by atoms with Crippen LogP contribution in [0, 0.1) is 0 Å². The lowest BCUT2D eigenvalue weighted by Crippen LogP contribution is -2.12. The fraction of sp³-hybridized carbons (Fsp3) is 0.176. The smallest absolute Gasteiger partial charge is 0.374 e. The first kappa shape index (κ1) is 14.3. The molecule has 0 unspecified atom stereocenters. The molecule has 0 bridgehead atoms. The molecule has 112 valence electrons. The molecule has 5 heteroatoms. The monoisotopic (exact) mass is 295 g/mol. The van der Waals surface area contributed by atoms with Crippen molar-refractivity contribution in [1.29, 1.82) is 0 Å². The van der Waals surface area contributed by atoms with Crippen molar-refractivity contribution >= 4 is 17.0 Å². The maximum Gasteiger partial charge on any atom is 0.374 e. The lowest BCUT2D eigenvalue weighted by molar-refractivity contribution is 0.0582. The predicted octanol–water partition coefficient (Wildman–Crippen LogP) is 2.33. The van der Waals surface area contributed by atoms with Gasteiger partial charge in [-0.15, -0.1) is 0 Å². The van der Waals surface area contributed by atoms with Gasteiger partial charge in [0.15, 0.2) is 0 Å². The normalized spacial score (nSPS) is 10.8. The van der Waals surface area contributed by atoms with Gasteiger partial charge in [-0.3, -0.25) is 0 Å². The van der Waals surface area contributed by atoms with E-state index in [1.807, 2.05) is 53.1 Å². The average molecular weight is 295 g/mol. The van der Waals surface area contributed by atoms with Crippen molar-refractivity contribution in [1.82, 2.24) is 9.55 Å². The van der Waals surface area contributed by atoms with Gasteiger partial charge in [-0.05, 0) is 17.2 Å². The minimum absolute atomic E-state index is 0.294. The maximum atomic E-state index is 12.1. The molecule has 2 N–H and O–H groups in total. The zero-order chi connectivity index (χ0) is 15.5. The molecule has 0 saturated carbocycles. The molecule has 3 rings (SSSR count). The summed E-state index contributed by atoms with van der Waals surface area (Å²) in [6.45, 7) is 0.927. The lowest BCUT2D eigenvalue weighted by atomic mass is 10.2. The van der Waals surface area contributed by atoms with Crippen LogP contribution in [0.2, 0.25) is 0 Å². The zero-order valence-corrected chi connectivity index (χ0v) is 12.3. The molecule has 0 aliphatic carbocycles. The highest BCUT2D eigenvalue weighted by Crippen LogP contribution is 2.22. The van der Waals surface area contributed by atoms with Crippen molar-refractivity contribution in [2.24, 2.45) is 5.73 Å². The van der Waals surface area contributed by atoms with E-state index in [9.17, 15) is 4.79 Å². The van der Waals surface area contributed by atoms with Crippen molar-refractivity contribution in [2.75, 3.05) is 7.11 Å². The van der Waals surface area contributed by atoms with Crippen LogP contribution in [-0.2, 0) is 17.8 Å². The van der Waals surface area contributed by atoms with Gasteiger partial charge in [-0.2, -0.15) is 0 Å². The lowest BCUT2D eigenvalue weighted by Gasteiger charge is -2.08. The van der Waals surface area contributed by atoms with Crippen LogP contribution in [0.4, 0.5) is 0 Å². The third-order valence-corrected chi connectivity index (χ3v) is 3.63. The van der Waals surface area contributed by atoms with Crippen molar-refractivity contribution in [3.8, 4) is 0 Å². The van der Waals surface area contributed by atoms with E-state index in [0.29, 0.717) is 18.9 Å². The zero-order valence-electron chi connectivity index (χ0n) is 12.3. The first-order valence-electron chi connectivity index (χ1n) is 7.05. The van der Waals surface area contributed by atoms with E-state index < -0.39 is 5.97 Å². The van der Waals surface area contributed by atoms with Gasteiger partial charge in [0.2, 0.25) is 5.82 Å². The fourth-order valence-corrected chi connectivity index (χ4v) is 2.54. The van der Waals surface area contributed by atoms with Gasteiger partial charge in [0.25, 0.3) is 0 Å². The van der Waals surface area contributed by atoms with Gasteiger partial charge in [0, 0.05) is 13.1 Å². The van der Waals surface area contributed by atoms with Crippen molar-refractivity contribution in [3.63, 3.8) is 0 Å². The van der Waals surface area contributed by atoms with E-state index >= 15 is 0 Å². The second-order valence-electron chi connectivity index (χ2n) is 4.99. The summed E-state index contributed by atoms with van der Waals surface area (Å²) >= 11 is 0. The molecule has 0 saturated heterocycles. The van der Waals surface area contributed by atoms with Crippen molar-refractivity contribution < 1.29 is 9.53 Å². The molecule has 3 aromatic rings. The number of esters is 1. The number of benzene rings is 2. The molecule has 1 heterocycles. The number of carbonyl (C=O) groups is 1. The summed E-state index contributed by atoms with van der Waals surface area (Å²) in [5.41, 5.74) is 9.40. The van der Waals surface area contributed by atoms with Gasteiger partial charge in [0.05, 0.1) is 18.1 Å². The summed E-state index contributed by atoms with van der Waals surface area (Å²) in [4.78, 5) is 16.5. The van der Waals surface area contributed by atoms with E-state index in [4.69, 9.17) is 10.5 Å². The number of nitrogens with zero attached hydrogens (tertiary/aromatic N) is 2. The van der Waals surface area contributed by atoms with Gasteiger partial charge in [0.1, 0.15) is 0 Å². The molecule has 22 heavy (non-hydrogen) atoms. The molecular weight excluding hydrogens is 278 g/mol. The summed E-state index contributed by atoms with van der Waals surface area (Å²) in [6.07, 6.45) is 0. The SMILES string of the molecule is COC(=O)c1nc2c(CN)cccc2n1Cc1ccccc1. The van der Waals surface area contributed by atoms with Crippen LogP contribution < -0.4 is 5.73 Å². The van der Waals surface area contributed by atoms with E-state index in [1.54, 1.807) is 0 Å². The minimum Gasteiger partial charge on any atom is -0.463 e. The molecule has 0 radical (unpaired) electrons. The molecule has 0 atom stereocenters. The number of rotatable bonds is 4. The van der Waals surface area contributed by atoms with Gasteiger partial charge in [-0.1, -0.05) is 42.5 Å². The third kappa shape index (κ3) is 2.46. The highest BCUT2D eigenvalue weighted by molar-refractivity contribution is 5.92. The highest BCUT2D eigenvalue weighted by atomic mass is 16.5. The Morgan fingerprint density at radius 1 is 1.18 bits per heavy atom. The largest absolute Gasteiger partial charge is 0.463 e. The van der Waals surface area contributed by atoms with E-state index in [0.717, 1.165) is 22.2 Å². The van der Waals surface area contributed by atoms with Crippen LogP contribution in [0.15, 0.2) is 48.5 Å². The molecular formula is C17H17N3O2. The number of carbonyl (C=O) groups excluding carboxylic acids is 1. The second-order valence-corrected chi connectivity index (χ2v) is 4.99. The Bertz CT molecular complexity index is 809. The quantitative estimate of drug-likeness (QED) is 0.750. The van der Waals surface area contributed by atoms with Gasteiger partial charge in [-0.25, -0.2) is 9.78 Å². The molecule has 0 spiro atoms. The molecule has 2 aromatic carbocycles. The second kappa shape index (κ2) is 5.99. The Balaban J connectivity index is 2.19. The summed E-state index contributed by atoms with van der Waals surface area (Å²) < 4.78 is 6.73. The molecule has 5 nitrogen and oxygen atoms in total. The van der Waals surface area contributed by atoms with Crippen LogP contribution in [0.3, 0.4) is 0 Å². The number of para-hydroxylation sites is 1. The first-order chi connectivity index (χ1) is 10.7. The van der Waals surface area contributed by atoms with Gasteiger partial charge >= 0.3 is 5.97 Å². The van der Waals surface area contributed by atoms with E-state index in [2.05, 4.69) is 4.98 Å². The van der Waals surface area contributed by atoms with Crippen LogP contribution in [-0.4, -0.2) is 22.6 Å².